The summed E-state index contributed by atoms with van der Waals surface area (Å²) in [6.45, 7) is 0. The van der Waals surface area contributed by atoms with Gasteiger partial charge < -0.3 is 0 Å². The largest absolute Gasteiger partial charge is 0.143 e. The Kier molecular flexibility index (Phi) is 7.45. The molecular formula is C36H24S8. The summed E-state index contributed by atoms with van der Waals surface area (Å²) < 4.78 is 0. The smallest absolute Gasteiger partial charge is 0.0445 e. The van der Waals surface area contributed by atoms with Crippen LogP contribution in [0.1, 0.15) is 43.2 Å². The van der Waals surface area contributed by atoms with Crippen LogP contribution in [0.4, 0.5) is 0 Å². The molecule has 1 aliphatic carbocycles. The summed E-state index contributed by atoms with van der Waals surface area (Å²) in [6, 6.07) is 36.9. The highest BCUT2D eigenvalue weighted by Crippen LogP contribution is 2.70. The summed E-state index contributed by atoms with van der Waals surface area (Å²) in [5.41, 5.74) is 0. The first kappa shape index (κ1) is 27.9. The van der Waals surface area contributed by atoms with Crippen LogP contribution in [0.5, 0.6) is 0 Å². The van der Waals surface area contributed by atoms with Gasteiger partial charge in [0.25, 0.3) is 0 Å². The van der Waals surface area contributed by atoms with Crippen LogP contribution in [-0.2, 0) is 0 Å². The minimum absolute atomic E-state index is 0.440. The first-order valence-electron chi connectivity index (χ1n) is 14.3. The zero-order valence-corrected chi connectivity index (χ0v) is 29.7. The molecule has 0 atom stereocenters. The monoisotopic (exact) mass is 712 g/mol. The summed E-state index contributed by atoms with van der Waals surface area (Å²) in [5, 5.41) is 8.77. The molecule has 8 aromatic rings. The number of rotatable bonds is 8. The summed E-state index contributed by atoms with van der Waals surface area (Å²) >= 11 is 15.4. The number of hydrogen-bond acceptors (Lipinski definition) is 8. The molecule has 0 aliphatic heterocycles. The fourth-order valence-corrected chi connectivity index (χ4v) is 14.7. The predicted octanol–water partition coefficient (Wildman–Crippen LogP) is 14.3. The maximum Gasteiger partial charge on any atom is 0.0445 e. The summed E-state index contributed by atoms with van der Waals surface area (Å²) in [5.74, 6) is 1.76. The average molecular weight is 713 g/mol. The van der Waals surface area contributed by atoms with E-state index in [9.17, 15) is 0 Å². The molecule has 0 saturated heterocycles. The lowest BCUT2D eigenvalue weighted by Gasteiger charge is -2.51. The van der Waals surface area contributed by atoms with Crippen LogP contribution in [0.3, 0.4) is 0 Å². The molecule has 9 rings (SSSR count). The van der Waals surface area contributed by atoms with Gasteiger partial charge in [0.15, 0.2) is 0 Å². The van der Waals surface area contributed by atoms with E-state index in [1.807, 2.05) is 90.7 Å². The van der Waals surface area contributed by atoms with E-state index in [-0.39, 0.29) is 0 Å². The van der Waals surface area contributed by atoms with Crippen molar-refractivity contribution in [2.24, 2.45) is 0 Å². The highest BCUT2D eigenvalue weighted by molar-refractivity contribution is 7.23. The van der Waals surface area contributed by atoms with Crippen LogP contribution in [0.2, 0.25) is 0 Å². The zero-order valence-electron chi connectivity index (χ0n) is 23.1. The number of hydrogen-bond donors (Lipinski definition) is 0. The lowest BCUT2D eigenvalue weighted by Crippen LogP contribution is -2.38. The molecule has 0 N–H and O–H groups in total. The molecule has 1 fully saturated rings. The second kappa shape index (κ2) is 11.8. The van der Waals surface area contributed by atoms with Crippen molar-refractivity contribution in [3.63, 3.8) is 0 Å². The van der Waals surface area contributed by atoms with Crippen molar-refractivity contribution in [2.45, 2.75) is 23.7 Å². The van der Waals surface area contributed by atoms with Gasteiger partial charge in [0.1, 0.15) is 0 Å². The van der Waals surface area contributed by atoms with Gasteiger partial charge in [-0.05, 0) is 94.3 Å². The van der Waals surface area contributed by atoms with Crippen molar-refractivity contribution in [3.8, 4) is 39.0 Å². The van der Waals surface area contributed by atoms with Crippen LogP contribution in [0.25, 0.3) is 39.0 Å². The zero-order chi connectivity index (χ0) is 29.0. The van der Waals surface area contributed by atoms with Crippen molar-refractivity contribution in [1.29, 1.82) is 0 Å². The first-order valence-corrected chi connectivity index (χ1v) is 21.1. The highest BCUT2D eigenvalue weighted by Gasteiger charge is 2.55. The van der Waals surface area contributed by atoms with E-state index in [0.29, 0.717) is 23.7 Å². The normalized spacial score (nSPS) is 19.8. The lowest BCUT2D eigenvalue weighted by atomic mass is 9.54. The van der Waals surface area contributed by atoms with E-state index in [0.717, 1.165) is 0 Å². The Balaban J connectivity index is 1.19. The molecule has 0 amide bonds. The van der Waals surface area contributed by atoms with Crippen molar-refractivity contribution in [1.82, 2.24) is 0 Å². The molecule has 8 aromatic heterocycles. The minimum Gasteiger partial charge on any atom is -0.143 e. The lowest BCUT2D eigenvalue weighted by molar-refractivity contribution is 0.243. The second-order valence-electron chi connectivity index (χ2n) is 10.8. The second-order valence-corrected chi connectivity index (χ2v) is 19.1. The van der Waals surface area contributed by atoms with Crippen LogP contribution in [0, 0.1) is 0 Å². The molecule has 0 unspecified atom stereocenters. The molecule has 8 heteroatoms. The van der Waals surface area contributed by atoms with Gasteiger partial charge >= 0.3 is 0 Å². The van der Waals surface area contributed by atoms with Crippen LogP contribution in [-0.4, -0.2) is 0 Å². The third-order valence-electron chi connectivity index (χ3n) is 8.42. The summed E-state index contributed by atoms with van der Waals surface area (Å²) in [4.78, 5) is 17.1. The Labute approximate surface area is 288 Å². The van der Waals surface area contributed by atoms with Gasteiger partial charge in [0.2, 0.25) is 0 Å². The van der Waals surface area contributed by atoms with Crippen LogP contribution >= 0.6 is 90.7 Å². The summed E-state index contributed by atoms with van der Waals surface area (Å²) in [6.07, 6.45) is 0. The fourth-order valence-electron chi connectivity index (χ4n) is 6.50. The maximum absolute atomic E-state index is 2.44. The molecule has 1 saturated carbocycles. The van der Waals surface area contributed by atoms with E-state index in [2.05, 4.69) is 119 Å². The topological polar surface area (TPSA) is 0 Å². The molecule has 0 radical (unpaired) electrons. The Morgan fingerprint density at radius 2 is 0.523 bits per heavy atom. The molecule has 0 nitrogen and oxygen atoms in total. The highest BCUT2D eigenvalue weighted by atomic mass is 32.1. The van der Waals surface area contributed by atoms with Crippen molar-refractivity contribution < 1.29 is 0 Å². The Hall–Kier alpha value is -2.40. The fraction of sp³-hybridized carbons (Fsp3) is 0.111. The molecule has 216 valence electrons. The van der Waals surface area contributed by atoms with Crippen molar-refractivity contribution in [3.05, 3.63) is 138 Å². The van der Waals surface area contributed by atoms with E-state index in [1.165, 1.54) is 58.5 Å². The molecule has 8 heterocycles. The Morgan fingerprint density at radius 3 is 0.727 bits per heavy atom. The predicted molar refractivity (Wildman–Crippen MR) is 201 cm³/mol. The Morgan fingerprint density at radius 1 is 0.273 bits per heavy atom. The van der Waals surface area contributed by atoms with E-state index in [4.69, 9.17) is 0 Å². The average Bonchev–Trinajstić information content (AvgIpc) is 3.90. The van der Waals surface area contributed by atoms with Gasteiger partial charge in [0, 0.05) is 82.2 Å². The standard InChI is InChI=1S/C36H24S8/c1-5-21(37-17-1)25-9-13-29(41-25)33-34(30-14-10-26(42-30)22-6-2-18-38-22)36(32-16-12-28(44-32)24-8-4-20-40-24)35(33)31-15-11-27(43-31)23-7-3-19-39-23/h1-20,33-36H. The third-order valence-corrected chi connectivity index (χ3v) is 17.4. The van der Waals surface area contributed by atoms with Gasteiger partial charge in [-0.25, -0.2) is 0 Å². The molecular weight excluding hydrogens is 689 g/mol. The Bertz CT molecular complexity index is 1780. The van der Waals surface area contributed by atoms with Crippen LogP contribution in [0.15, 0.2) is 119 Å². The van der Waals surface area contributed by atoms with Gasteiger partial charge in [-0.1, -0.05) is 24.3 Å². The first-order chi connectivity index (χ1) is 21.8. The van der Waals surface area contributed by atoms with Crippen molar-refractivity contribution in [2.75, 3.05) is 0 Å². The van der Waals surface area contributed by atoms with Gasteiger partial charge in [0.05, 0.1) is 0 Å². The molecule has 0 bridgehead atoms. The maximum atomic E-state index is 2.44. The third kappa shape index (κ3) is 4.91. The molecule has 0 aromatic carbocycles. The quantitative estimate of drug-likeness (QED) is 0.147. The SMILES string of the molecule is c1csc(-c2ccc(C3C(c4ccc(-c5cccs5)s4)C(c4ccc(-c5cccs5)s4)C3c3ccc(-c4cccs4)s3)s2)c1. The van der Waals surface area contributed by atoms with E-state index < -0.39 is 0 Å². The summed E-state index contributed by atoms with van der Waals surface area (Å²) in [7, 11) is 0. The van der Waals surface area contributed by atoms with Gasteiger partial charge in [-0.3, -0.25) is 0 Å². The van der Waals surface area contributed by atoms with Gasteiger partial charge in [-0.2, -0.15) is 0 Å². The molecule has 1 aliphatic rings. The van der Waals surface area contributed by atoms with E-state index >= 15 is 0 Å². The number of thiophene rings is 8. The minimum atomic E-state index is 0.440. The van der Waals surface area contributed by atoms with Crippen LogP contribution < -0.4 is 0 Å². The van der Waals surface area contributed by atoms with E-state index in [1.54, 1.807) is 0 Å². The van der Waals surface area contributed by atoms with Gasteiger partial charge in [-0.15, -0.1) is 90.7 Å². The molecule has 0 spiro atoms. The van der Waals surface area contributed by atoms with Crippen molar-refractivity contribution >= 4 is 90.7 Å². The molecule has 44 heavy (non-hydrogen) atoms.